The molecule has 0 radical (unpaired) electrons. The number of nitrogen functional groups attached to an aromatic ring is 1. The number of hydrogen-bond donors (Lipinski definition) is 2. The highest BCUT2D eigenvalue weighted by Crippen LogP contribution is 2.39. The van der Waals surface area contributed by atoms with Gasteiger partial charge in [-0.3, -0.25) is 4.90 Å². The number of fused-ring (bicyclic) bond motifs is 2. The Morgan fingerprint density at radius 2 is 1.57 bits per heavy atom. The highest BCUT2D eigenvalue weighted by Gasteiger charge is 2.30. The van der Waals surface area contributed by atoms with Crippen LogP contribution in [0, 0.1) is 13.8 Å². The fraction of sp³-hybridized carbons (Fsp3) is 0.394. The Morgan fingerprint density at radius 3 is 2.33 bits per heavy atom. The van der Waals surface area contributed by atoms with E-state index >= 15 is 0 Å². The van der Waals surface area contributed by atoms with Gasteiger partial charge in [0.05, 0.1) is 16.6 Å². The molecule has 7 rings (SSSR count). The van der Waals surface area contributed by atoms with E-state index in [9.17, 15) is 0 Å². The Kier molecular flexibility index (Phi) is 6.99. The maximum absolute atomic E-state index is 6.47. The quantitative estimate of drug-likeness (QED) is 0.281. The third-order valence-corrected chi connectivity index (χ3v) is 9.32. The number of nitrogens with zero attached hydrogens (tertiary/aromatic N) is 7. The number of aryl methyl sites for hydroxylation is 2. The molecule has 216 valence electrons. The highest BCUT2D eigenvalue weighted by molar-refractivity contribution is 6.00. The monoisotopic (exact) mass is 561 g/mol. The average Bonchev–Trinajstić information content (AvgIpc) is 3.39. The van der Waals surface area contributed by atoms with Crippen LogP contribution in [-0.4, -0.2) is 73.6 Å². The van der Waals surface area contributed by atoms with Crippen LogP contribution in [0.1, 0.15) is 43.0 Å². The van der Waals surface area contributed by atoms with E-state index in [0.29, 0.717) is 23.8 Å². The van der Waals surface area contributed by atoms with Crippen LogP contribution in [0.5, 0.6) is 0 Å². The van der Waals surface area contributed by atoms with Crippen molar-refractivity contribution in [2.24, 2.45) is 0 Å². The van der Waals surface area contributed by atoms with E-state index in [0.717, 1.165) is 57.3 Å². The summed E-state index contributed by atoms with van der Waals surface area (Å²) >= 11 is 0. The molecule has 42 heavy (non-hydrogen) atoms. The zero-order valence-corrected chi connectivity index (χ0v) is 24.7. The van der Waals surface area contributed by atoms with Gasteiger partial charge in [-0.1, -0.05) is 24.3 Å². The third-order valence-electron chi connectivity index (χ3n) is 9.32. The van der Waals surface area contributed by atoms with Crippen LogP contribution >= 0.6 is 0 Å². The predicted molar refractivity (Wildman–Crippen MR) is 170 cm³/mol. The molecule has 1 saturated carbocycles. The zero-order valence-electron chi connectivity index (χ0n) is 24.7. The number of nitrogens with two attached hydrogens (primary N) is 1. The van der Waals surface area contributed by atoms with Crippen molar-refractivity contribution in [2.75, 3.05) is 44.3 Å². The van der Waals surface area contributed by atoms with Gasteiger partial charge >= 0.3 is 0 Å². The fourth-order valence-corrected chi connectivity index (χ4v) is 6.98. The van der Waals surface area contributed by atoms with Crippen LogP contribution < -0.4 is 11.1 Å². The minimum absolute atomic E-state index is 0.414. The number of benzene rings is 2. The first-order valence-electron chi connectivity index (χ1n) is 15.1. The molecule has 0 amide bonds. The van der Waals surface area contributed by atoms with Crippen molar-refractivity contribution in [2.45, 2.75) is 51.6 Å². The van der Waals surface area contributed by atoms with Crippen molar-refractivity contribution in [3.8, 4) is 11.1 Å². The van der Waals surface area contributed by atoms with Gasteiger partial charge < -0.3 is 20.5 Å². The van der Waals surface area contributed by atoms with Crippen molar-refractivity contribution in [3.63, 3.8) is 0 Å². The molecule has 0 unspecified atom stereocenters. The minimum Gasteiger partial charge on any atom is -0.383 e. The summed E-state index contributed by atoms with van der Waals surface area (Å²) in [7, 11) is 2.22. The lowest BCUT2D eigenvalue weighted by atomic mass is 9.89. The van der Waals surface area contributed by atoms with Gasteiger partial charge in [0.15, 0.2) is 0 Å². The van der Waals surface area contributed by atoms with E-state index in [1.807, 2.05) is 19.1 Å². The topological polar surface area (TPSA) is 101 Å². The molecule has 5 aromatic rings. The average molecular weight is 562 g/mol. The van der Waals surface area contributed by atoms with Gasteiger partial charge in [0.25, 0.3) is 0 Å². The second-order valence-electron chi connectivity index (χ2n) is 12.0. The summed E-state index contributed by atoms with van der Waals surface area (Å²) in [6, 6.07) is 15.6. The highest BCUT2D eigenvalue weighted by atomic mass is 15.3. The second-order valence-corrected chi connectivity index (χ2v) is 12.0. The van der Waals surface area contributed by atoms with E-state index < -0.39 is 0 Å². The molecule has 3 aromatic heterocycles. The summed E-state index contributed by atoms with van der Waals surface area (Å²) in [6.07, 6.45) is 8.58. The molecule has 0 bridgehead atoms. The van der Waals surface area contributed by atoms with Crippen molar-refractivity contribution in [1.82, 2.24) is 34.3 Å². The summed E-state index contributed by atoms with van der Waals surface area (Å²) < 4.78 is 2.36. The van der Waals surface area contributed by atoms with Crippen LogP contribution in [0.3, 0.4) is 0 Å². The molecule has 9 heteroatoms. The van der Waals surface area contributed by atoms with Gasteiger partial charge in [0, 0.05) is 61.1 Å². The molecule has 0 atom stereocenters. The number of anilines is 3. The molecule has 3 N–H and O–H groups in total. The van der Waals surface area contributed by atoms with Crippen LogP contribution in [0.25, 0.3) is 33.1 Å². The first kappa shape index (κ1) is 26.8. The van der Waals surface area contributed by atoms with E-state index in [-0.39, 0.29) is 0 Å². The van der Waals surface area contributed by atoms with E-state index in [2.05, 4.69) is 75.2 Å². The SMILES string of the molecule is Cc1cccc2nc(Nc3ccc(-c4cn([C@H]5CC[C@@H](N6CCN(C)CC6)CC5)c5ncnc(N)c45)cc3)nc(C)c12. The Bertz CT molecular complexity index is 1730. The second kappa shape index (κ2) is 11.0. The molecule has 1 aliphatic heterocycles. The fourth-order valence-electron chi connectivity index (χ4n) is 6.98. The summed E-state index contributed by atoms with van der Waals surface area (Å²) in [5.74, 6) is 1.12. The molecule has 2 aliphatic rings. The van der Waals surface area contributed by atoms with Gasteiger partial charge in [-0.2, -0.15) is 0 Å². The molecule has 2 fully saturated rings. The first-order valence-corrected chi connectivity index (χ1v) is 15.1. The predicted octanol–water partition coefficient (Wildman–Crippen LogP) is 5.72. The Morgan fingerprint density at radius 1 is 0.833 bits per heavy atom. The molecule has 9 nitrogen and oxygen atoms in total. The van der Waals surface area contributed by atoms with Gasteiger partial charge in [-0.05, 0) is 75.9 Å². The largest absolute Gasteiger partial charge is 0.383 e. The number of piperazine rings is 1. The lowest BCUT2D eigenvalue weighted by Gasteiger charge is -2.41. The normalized spacial score (nSPS) is 20.4. The summed E-state index contributed by atoms with van der Waals surface area (Å²) in [4.78, 5) is 23.7. The van der Waals surface area contributed by atoms with Crippen LogP contribution in [-0.2, 0) is 0 Å². The number of nitrogens with one attached hydrogen (secondary N) is 1. The minimum atomic E-state index is 0.414. The third kappa shape index (κ3) is 4.97. The molecule has 0 spiro atoms. The van der Waals surface area contributed by atoms with Gasteiger partial charge in [0.1, 0.15) is 17.8 Å². The zero-order chi connectivity index (χ0) is 28.8. The van der Waals surface area contributed by atoms with Gasteiger partial charge in [-0.25, -0.2) is 19.9 Å². The molecule has 4 heterocycles. The lowest BCUT2D eigenvalue weighted by molar-refractivity contribution is 0.0828. The smallest absolute Gasteiger partial charge is 0.228 e. The van der Waals surface area contributed by atoms with Crippen molar-refractivity contribution in [1.29, 1.82) is 0 Å². The van der Waals surface area contributed by atoms with E-state index in [1.54, 1.807) is 6.33 Å². The summed E-state index contributed by atoms with van der Waals surface area (Å²) in [5, 5.41) is 5.44. The van der Waals surface area contributed by atoms with E-state index in [1.165, 1.54) is 44.6 Å². The van der Waals surface area contributed by atoms with E-state index in [4.69, 9.17) is 20.7 Å². The number of likely N-dealkylation sites (N-methyl/N-ethyl adjacent to an activating group) is 1. The molecule has 1 aliphatic carbocycles. The molecular weight excluding hydrogens is 522 g/mol. The lowest BCUT2D eigenvalue weighted by Crippen LogP contribution is -2.49. The maximum atomic E-state index is 6.47. The maximum Gasteiger partial charge on any atom is 0.228 e. The molecule has 2 aromatic carbocycles. The number of aromatic nitrogens is 5. The van der Waals surface area contributed by atoms with Gasteiger partial charge in [-0.15, -0.1) is 0 Å². The first-order chi connectivity index (χ1) is 20.4. The van der Waals surface area contributed by atoms with Gasteiger partial charge in [0.2, 0.25) is 5.95 Å². The van der Waals surface area contributed by atoms with Crippen LogP contribution in [0.4, 0.5) is 17.5 Å². The van der Waals surface area contributed by atoms with Crippen LogP contribution in [0.2, 0.25) is 0 Å². The van der Waals surface area contributed by atoms with Crippen LogP contribution in [0.15, 0.2) is 55.0 Å². The van der Waals surface area contributed by atoms with Crippen molar-refractivity contribution >= 4 is 39.4 Å². The standard InChI is InChI=1S/C33H39N9/c1-21-5-4-6-28-29(21)22(2)37-33(39-28)38-24-9-7-23(8-10-24)27-19-42(32-30(27)31(34)35-20-36-32)26-13-11-25(12-14-26)41-17-15-40(3)16-18-41/h4-10,19-20,25-26H,11-18H2,1-3H3,(H2,34,35,36)(H,37,38,39)/t25-,26+. The molecular formula is C33H39N9. The number of hydrogen-bond acceptors (Lipinski definition) is 8. The number of rotatable bonds is 5. The molecule has 1 saturated heterocycles. The summed E-state index contributed by atoms with van der Waals surface area (Å²) in [6.45, 7) is 8.84. The Labute approximate surface area is 246 Å². The Hall–Kier alpha value is -4.08. The van der Waals surface area contributed by atoms with Crippen molar-refractivity contribution < 1.29 is 0 Å². The summed E-state index contributed by atoms with van der Waals surface area (Å²) in [5.41, 5.74) is 13.6. The Balaban J connectivity index is 1.13. The van der Waals surface area contributed by atoms with Crippen molar-refractivity contribution in [3.05, 3.63) is 66.2 Å².